The third-order valence-corrected chi connectivity index (χ3v) is 4.94. The molecule has 1 fully saturated rings. The molecular weight excluding hydrogens is 373 g/mol. The van der Waals surface area contributed by atoms with Crippen molar-refractivity contribution in [1.82, 2.24) is 24.3 Å². The Labute approximate surface area is 158 Å². The van der Waals surface area contributed by atoms with Gasteiger partial charge in [0.05, 0.1) is 12.4 Å². The van der Waals surface area contributed by atoms with Crippen LogP contribution in [0.25, 0.3) is 17.2 Å². The number of piperidine rings is 1. The van der Waals surface area contributed by atoms with E-state index in [2.05, 4.69) is 24.8 Å². The number of aliphatic hydroxyl groups excluding tert-OH is 1. The zero-order chi connectivity index (χ0) is 19.7. The molecule has 3 aromatic heterocycles. The van der Waals surface area contributed by atoms with Gasteiger partial charge in [0.25, 0.3) is 0 Å². The molecule has 0 saturated carbocycles. The molecule has 0 radical (unpaired) electrons. The van der Waals surface area contributed by atoms with Gasteiger partial charge in [0.15, 0.2) is 17.2 Å². The van der Waals surface area contributed by atoms with E-state index in [1.165, 1.54) is 10.6 Å². The van der Waals surface area contributed by atoms with Crippen LogP contribution in [0.2, 0.25) is 0 Å². The zero-order valence-corrected chi connectivity index (χ0v) is 15.0. The number of nitrogens with zero attached hydrogens (tertiary/aromatic N) is 6. The largest absolute Gasteiger partial charge is 0.434 e. The normalized spacial score (nSPS) is 18.0. The van der Waals surface area contributed by atoms with E-state index in [0.29, 0.717) is 23.3 Å². The highest BCUT2D eigenvalue weighted by Gasteiger charge is 2.33. The third kappa shape index (κ3) is 3.64. The fraction of sp³-hybridized carbons (Fsp3) is 0.444. The lowest BCUT2D eigenvalue weighted by atomic mass is 9.95. The predicted molar refractivity (Wildman–Crippen MR) is 95.7 cm³/mol. The van der Waals surface area contributed by atoms with E-state index in [1.54, 1.807) is 12.3 Å². The maximum Gasteiger partial charge on any atom is 0.434 e. The molecule has 148 valence electrons. The Bertz CT molecular complexity index is 971. The minimum Gasteiger partial charge on any atom is -0.396 e. The Morgan fingerprint density at radius 2 is 2.04 bits per heavy atom. The molecule has 1 aliphatic heterocycles. The van der Waals surface area contributed by atoms with Gasteiger partial charge in [-0.15, -0.1) is 0 Å². The van der Waals surface area contributed by atoms with Crippen LogP contribution < -0.4 is 4.90 Å². The van der Waals surface area contributed by atoms with Gasteiger partial charge in [-0.3, -0.25) is 4.40 Å². The topological polar surface area (TPSA) is 79.4 Å². The van der Waals surface area contributed by atoms with Crippen LogP contribution in [0, 0.1) is 5.92 Å². The second kappa shape index (κ2) is 7.34. The molecule has 10 heteroatoms. The molecule has 1 saturated heterocycles. The van der Waals surface area contributed by atoms with Crippen molar-refractivity contribution in [2.75, 3.05) is 24.6 Å². The average molecular weight is 392 g/mol. The number of aliphatic hydroxyl groups is 1. The first-order chi connectivity index (χ1) is 13.5. The summed E-state index contributed by atoms with van der Waals surface area (Å²) in [4.78, 5) is 18.5. The summed E-state index contributed by atoms with van der Waals surface area (Å²) in [5.74, 6) is 1.41. The number of aromatic nitrogens is 5. The van der Waals surface area contributed by atoms with Gasteiger partial charge in [-0.25, -0.2) is 19.9 Å². The molecule has 7 nitrogen and oxygen atoms in total. The molecule has 0 spiro atoms. The van der Waals surface area contributed by atoms with Crippen molar-refractivity contribution in [3.8, 4) is 11.5 Å². The second-order valence-electron chi connectivity index (χ2n) is 6.85. The summed E-state index contributed by atoms with van der Waals surface area (Å²) in [6, 6.07) is 1.79. The smallest absolute Gasteiger partial charge is 0.396 e. The van der Waals surface area contributed by atoms with Gasteiger partial charge in [0, 0.05) is 32.1 Å². The van der Waals surface area contributed by atoms with Crippen LogP contribution in [0.1, 0.15) is 25.0 Å². The van der Waals surface area contributed by atoms with Gasteiger partial charge in [0.2, 0.25) is 0 Å². The molecule has 3 aromatic rings. The molecule has 0 amide bonds. The van der Waals surface area contributed by atoms with Gasteiger partial charge in [-0.2, -0.15) is 13.2 Å². The van der Waals surface area contributed by atoms with Crippen LogP contribution >= 0.6 is 0 Å². The Morgan fingerprint density at radius 1 is 1.18 bits per heavy atom. The van der Waals surface area contributed by atoms with E-state index in [9.17, 15) is 18.3 Å². The average Bonchev–Trinajstić information content (AvgIpc) is 3.11. The van der Waals surface area contributed by atoms with Crippen LogP contribution in [-0.2, 0) is 6.18 Å². The summed E-state index contributed by atoms with van der Waals surface area (Å²) >= 11 is 0. The van der Waals surface area contributed by atoms with E-state index in [0.717, 1.165) is 44.7 Å². The molecule has 1 N–H and O–H groups in total. The number of alkyl halides is 3. The maximum atomic E-state index is 13.0. The van der Waals surface area contributed by atoms with Crippen molar-refractivity contribution >= 4 is 11.5 Å². The summed E-state index contributed by atoms with van der Waals surface area (Å²) in [7, 11) is 0. The lowest BCUT2D eigenvalue weighted by molar-refractivity contribution is -0.141. The number of hydrogen-bond donors (Lipinski definition) is 1. The van der Waals surface area contributed by atoms with Crippen LogP contribution in [-0.4, -0.2) is 49.1 Å². The molecule has 1 unspecified atom stereocenters. The molecule has 0 bridgehead atoms. The fourth-order valence-corrected chi connectivity index (χ4v) is 3.54. The highest BCUT2D eigenvalue weighted by Crippen LogP contribution is 2.29. The summed E-state index contributed by atoms with van der Waals surface area (Å²) in [5.41, 5.74) is -0.343. The summed E-state index contributed by atoms with van der Waals surface area (Å²) in [6.07, 6.45) is 3.30. The first-order valence-corrected chi connectivity index (χ1v) is 9.05. The number of imidazole rings is 1. The van der Waals surface area contributed by atoms with E-state index in [-0.39, 0.29) is 12.3 Å². The molecule has 0 aromatic carbocycles. The van der Waals surface area contributed by atoms with Crippen molar-refractivity contribution in [2.24, 2.45) is 5.92 Å². The van der Waals surface area contributed by atoms with Crippen LogP contribution in [0.15, 0.2) is 30.9 Å². The van der Waals surface area contributed by atoms with Gasteiger partial charge in [-0.05, 0) is 31.2 Å². The lowest BCUT2D eigenvalue weighted by Crippen LogP contribution is -2.36. The van der Waals surface area contributed by atoms with Crippen molar-refractivity contribution < 1.29 is 18.3 Å². The zero-order valence-electron chi connectivity index (χ0n) is 15.0. The standard InChI is InChI=1S/C18H19F3N6O/c19-18(20,21)14-11-27-13(8-24-16(27)9-23-14)17-22-5-3-15(25-17)26-6-1-2-12(10-26)4-7-28/h3,5,8-9,11-12,28H,1-2,4,6-7,10H2. The van der Waals surface area contributed by atoms with Gasteiger partial charge < -0.3 is 10.0 Å². The Hall–Kier alpha value is -2.75. The highest BCUT2D eigenvalue weighted by molar-refractivity contribution is 5.58. The van der Waals surface area contributed by atoms with Crippen LogP contribution in [0.5, 0.6) is 0 Å². The Kier molecular flexibility index (Phi) is 4.88. The summed E-state index contributed by atoms with van der Waals surface area (Å²) in [5, 5.41) is 9.19. The lowest BCUT2D eigenvalue weighted by Gasteiger charge is -2.33. The monoisotopic (exact) mass is 392 g/mol. The maximum absolute atomic E-state index is 13.0. The molecule has 1 atom stereocenters. The molecule has 0 aliphatic carbocycles. The van der Waals surface area contributed by atoms with E-state index < -0.39 is 11.9 Å². The first kappa shape index (κ1) is 18.6. The van der Waals surface area contributed by atoms with Crippen molar-refractivity contribution in [2.45, 2.75) is 25.4 Å². The molecule has 28 heavy (non-hydrogen) atoms. The van der Waals surface area contributed by atoms with Gasteiger partial charge >= 0.3 is 6.18 Å². The Morgan fingerprint density at radius 3 is 2.82 bits per heavy atom. The van der Waals surface area contributed by atoms with Gasteiger partial charge in [-0.1, -0.05) is 0 Å². The number of halogens is 3. The first-order valence-electron chi connectivity index (χ1n) is 9.05. The number of anilines is 1. The minimum atomic E-state index is -4.55. The van der Waals surface area contributed by atoms with E-state index >= 15 is 0 Å². The summed E-state index contributed by atoms with van der Waals surface area (Å²) in [6.45, 7) is 1.78. The molecule has 1 aliphatic rings. The second-order valence-corrected chi connectivity index (χ2v) is 6.85. The number of hydrogen-bond acceptors (Lipinski definition) is 6. The summed E-state index contributed by atoms with van der Waals surface area (Å²) < 4.78 is 40.3. The van der Waals surface area contributed by atoms with Crippen molar-refractivity contribution in [3.63, 3.8) is 0 Å². The van der Waals surface area contributed by atoms with E-state index in [1.807, 2.05) is 0 Å². The molecule has 4 heterocycles. The number of fused-ring (bicyclic) bond motifs is 1. The Balaban J connectivity index is 1.68. The quantitative estimate of drug-likeness (QED) is 0.736. The van der Waals surface area contributed by atoms with Crippen LogP contribution in [0.3, 0.4) is 0 Å². The minimum absolute atomic E-state index is 0.158. The fourth-order valence-electron chi connectivity index (χ4n) is 3.54. The van der Waals surface area contributed by atoms with Gasteiger partial charge in [0.1, 0.15) is 11.5 Å². The van der Waals surface area contributed by atoms with Crippen LogP contribution in [0.4, 0.5) is 19.0 Å². The van der Waals surface area contributed by atoms with Crippen molar-refractivity contribution in [3.05, 3.63) is 36.5 Å². The third-order valence-electron chi connectivity index (χ3n) is 4.94. The predicted octanol–water partition coefficient (Wildman–Crippen LogP) is 2.80. The van der Waals surface area contributed by atoms with E-state index in [4.69, 9.17) is 0 Å². The molecular formula is C18H19F3N6O. The number of rotatable bonds is 4. The SMILES string of the molecule is OCCC1CCCN(c2ccnc(-c3cnc4cnc(C(F)(F)F)cn34)n2)C1. The molecule has 4 rings (SSSR count). The van der Waals surface area contributed by atoms with Crippen molar-refractivity contribution in [1.29, 1.82) is 0 Å². The highest BCUT2D eigenvalue weighted by atomic mass is 19.4.